The zero-order valence-electron chi connectivity index (χ0n) is 16.1. The van der Waals surface area contributed by atoms with E-state index in [1.54, 1.807) is 18.4 Å². The Labute approximate surface area is 167 Å². The molecule has 1 aromatic rings. The van der Waals surface area contributed by atoms with Crippen LogP contribution in [-0.4, -0.2) is 59.4 Å². The first kappa shape index (κ1) is 20.3. The van der Waals surface area contributed by atoms with Crippen molar-refractivity contribution in [3.63, 3.8) is 0 Å². The standard InChI is InChI=1S/C19H25N3O5S/c1-13-5-3-4-7-19(13)17(25)22(18(26)20-19)10-16(24)27-11-15(23)21(2)9-14-6-8-28-12-14/h6,8,12-13H,3-5,7,9-11H2,1-2H3,(H,20,26)/t13-,19-/m1/s1. The predicted octanol–water partition coefficient (Wildman–Crippen LogP) is 1.75. The molecule has 0 radical (unpaired) electrons. The van der Waals surface area contributed by atoms with E-state index >= 15 is 0 Å². The molecular weight excluding hydrogens is 382 g/mol. The number of imide groups is 1. The van der Waals surface area contributed by atoms with E-state index < -0.39 is 30.7 Å². The maximum atomic E-state index is 12.8. The lowest BCUT2D eigenvalue weighted by Gasteiger charge is -2.36. The summed E-state index contributed by atoms with van der Waals surface area (Å²) in [5.41, 5.74) is 0.0880. The Kier molecular flexibility index (Phi) is 6.02. The molecule has 4 amide bonds. The van der Waals surface area contributed by atoms with E-state index in [-0.39, 0.29) is 17.7 Å². The summed E-state index contributed by atoms with van der Waals surface area (Å²) < 4.78 is 5.00. The number of ether oxygens (including phenoxy) is 1. The van der Waals surface area contributed by atoms with E-state index in [1.807, 2.05) is 23.8 Å². The molecule has 1 saturated carbocycles. The number of esters is 1. The SMILES string of the molecule is C[C@@H]1CCCC[C@@]12NC(=O)N(CC(=O)OCC(=O)N(C)Cc1ccsc1)C2=O. The van der Waals surface area contributed by atoms with Crippen LogP contribution in [0, 0.1) is 5.92 Å². The minimum Gasteiger partial charge on any atom is -0.454 e. The molecule has 2 heterocycles. The fourth-order valence-corrected chi connectivity index (χ4v) is 4.47. The molecule has 3 rings (SSSR count). The van der Waals surface area contributed by atoms with Gasteiger partial charge in [-0.3, -0.25) is 19.3 Å². The van der Waals surface area contributed by atoms with E-state index in [4.69, 9.17) is 4.74 Å². The number of likely N-dealkylation sites (N-methyl/N-ethyl adjacent to an activating group) is 1. The fourth-order valence-electron chi connectivity index (χ4n) is 3.81. The van der Waals surface area contributed by atoms with E-state index in [0.717, 1.165) is 29.7 Å². The average molecular weight is 407 g/mol. The Morgan fingerprint density at radius 3 is 2.86 bits per heavy atom. The normalized spacial score (nSPS) is 24.4. The van der Waals surface area contributed by atoms with E-state index in [2.05, 4.69) is 5.32 Å². The summed E-state index contributed by atoms with van der Waals surface area (Å²) in [5, 5.41) is 6.65. The zero-order valence-corrected chi connectivity index (χ0v) is 16.9. The van der Waals surface area contributed by atoms with Gasteiger partial charge in [0.1, 0.15) is 12.1 Å². The van der Waals surface area contributed by atoms with Gasteiger partial charge in [-0.2, -0.15) is 11.3 Å². The van der Waals surface area contributed by atoms with Crippen molar-refractivity contribution in [3.8, 4) is 0 Å². The molecule has 0 bridgehead atoms. The lowest BCUT2D eigenvalue weighted by molar-refractivity contribution is -0.153. The highest BCUT2D eigenvalue weighted by Crippen LogP contribution is 2.38. The topological polar surface area (TPSA) is 96.0 Å². The molecule has 1 N–H and O–H groups in total. The number of urea groups is 1. The number of carbonyl (C=O) groups is 4. The number of nitrogens with zero attached hydrogens (tertiary/aromatic N) is 2. The molecule has 2 atom stereocenters. The summed E-state index contributed by atoms with van der Waals surface area (Å²) in [6.45, 7) is 1.46. The van der Waals surface area contributed by atoms with E-state index in [1.165, 1.54) is 4.90 Å². The molecule has 2 aliphatic rings. The van der Waals surface area contributed by atoms with E-state index in [9.17, 15) is 19.2 Å². The second-order valence-electron chi connectivity index (χ2n) is 7.48. The van der Waals surface area contributed by atoms with Crippen LogP contribution in [0.5, 0.6) is 0 Å². The van der Waals surface area contributed by atoms with Gasteiger partial charge in [-0.1, -0.05) is 19.8 Å². The number of nitrogens with one attached hydrogen (secondary N) is 1. The number of rotatable bonds is 6. The lowest BCUT2D eigenvalue weighted by Crippen LogP contribution is -2.54. The van der Waals surface area contributed by atoms with Gasteiger partial charge in [0, 0.05) is 13.6 Å². The van der Waals surface area contributed by atoms with Crippen LogP contribution in [0.1, 0.15) is 38.2 Å². The Morgan fingerprint density at radius 1 is 1.39 bits per heavy atom. The first-order valence-electron chi connectivity index (χ1n) is 9.38. The van der Waals surface area contributed by atoms with Crippen LogP contribution in [0.3, 0.4) is 0 Å². The van der Waals surface area contributed by atoms with Gasteiger partial charge in [-0.25, -0.2) is 4.79 Å². The summed E-state index contributed by atoms with van der Waals surface area (Å²) in [7, 11) is 1.62. The first-order valence-corrected chi connectivity index (χ1v) is 10.3. The lowest BCUT2D eigenvalue weighted by atomic mass is 9.73. The van der Waals surface area contributed by atoms with Crippen molar-refractivity contribution in [2.24, 2.45) is 5.92 Å². The third-order valence-corrected chi connectivity index (χ3v) is 6.30. The second kappa shape index (κ2) is 8.30. The highest BCUT2D eigenvalue weighted by Gasteiger charge is 2.55. The molecule has 0 aromatic carbocycles. The quantitative estimate of drug-likeness (QED) is 0.573. The smallest absolute Gasteiger partial charge is 0.326 e. The van der Waals surface area contributed by atoms with Crippen LogP contribution in [0.15, 0.2) is 16.8 Å². The van der Waals surface area contributed by atoms with Crippen LogP contribution in [0.4, 0.5) is 4.79 Å². The molecule has 8 nitrogen and oxygen atoms in total. The van der Waals surface area contributed by atoms with Crippen LogP contribution >= 0.6 is 11.3 Å². The molecule has 1 saturated heterocycles. The summed E-state index contributed by atoms with van der Waals surface area (Å²) >= 11 is 1.54. The van der Waals surface area contributed by atoms with Crippen LogP contribution in [-0.2, 0) is 25.7 Å². The van der Waals surface area contributed by atoms with Crippen molar-refractivity contribution < 1.29 is 23.9 Å². The van der Waals surface area contributed by atoms with Gasteiger partial charge in [0.15, 0.2) is 6.61 Å². The molecule has 1 aromatic heterocycles. The number of thiophene rings is 1. The number of hydrogen-bond acceptors (Lipinski definition) is 6. The maximum absolute atomic E-state index is 12.8. The highest BCUT2D eigenvalue weighted by atomic mass is 32.1. The molecule has 28 heavy (non-hydrogen) atoms. The van der Waals surface area contributed by atoms with Gasteiger partial charge in [-0.15, -0.1) is 0 Å². The summed E-state index contributed by atoms with van der Waals surface area (Å²) in [5.74, 6) is -1.48. The molecule has 9 heteroatoms. The van der Waals surface area contributed by atoms with Gasteiger partial charge in [0.25, 0.3) is 11.8 Å². The first-order chi connectivity index (χ1) is 13.3. The molecular formula is C19H25N3O5S. The molecule has 1 spiro atoms. The number of amides is 4. The number of hydrogen-bond donors (Lipinski definition) is 1. The molecule has 1 aliphatic carbocycles. The average Bonchev–Trinajstić information content (AvgIpc) is 3.25. The fraction of sp³-hybridized carbons (Fsp3) is 0.579. The highest BCUT2D eigenvalue weighted by molar-refractivity contribution is 7.07. The largest absolute Gasteiger partial charge is 0.454 e. The van der Waals surface area contributed by atoms with Gasteiger partial charge in [0.2, 0.25) is 0 Å². The van der Waals surface area contributed by atoms with Gasteiger partial charge in [0.05, 0.1) is 0 Å². The van der Waals surface area contributed by atoms with Gasteiger partial charge < -0.3 is 15.0 Å². The third-order valence-electron chi connectivity index (χ3n) is 5.57. The minimum atomic E-state index is -0.911. The van der Waals surface area contributed by atoms with Crippen molar-refractivity contribution in [2.75, 3.05) is 20.2 Å². The van der Waals surface area contributed by atoms with Crippen molar-refractivity contribution in [1.29, 1.82) is 0 Å². The van der Waals surface area contributed by atoms with Crippen molar-refractivity contribution in [3.05, 3.63) is 22.4 Å². The zero-order chi connectivity index (χ0) is 20.3. The minimum absolute atomic E-state index is 0.0195. The predicted molar refractivity (Wildman–Crippen MR) is 102 cm³/mol. The van der Waals surface area contributed by atoms with Gasteiger partial charge >= 0.3 is 12.0 Å². The van der Waals surface area contributed by atoms with Gasteiger partial charge in [-0.05, 0) is 41.1 Å². The van der Waals surface area contributed by atoms with Crippen LogP contribution < -0.4 is 5.32 Å². The molecule has 2 fully saturated rings. The van der Waals surface area contributed by atoms with Crippen molar-refractivity contribution >= 4 is 35.2 Å². The Hall–Kier alpha value is -2.42. The number of carbonyl (C=O) groups excluding carboxylic acids is 4. The van der Waals surface area contributed by atoms with Crippen LogP contribution in [0.25, 0.3) is 0 Å². The summed E-state index contributed by atoms with van der Waals surface area (Å²) in [4.78, 5) is 51.7. The monoisotopic (exact) mass is 407 g/mol. The maximum Gasteiger partial charge on any atom is 0.326 e. The summed E-state index contributed by atoms with van der Waals surface area (Å²) in [6.07, 6.45) is 3.32. The van der Waals surface area contributed by atoms with Crippen molar-refractivity contribution in [2.45, 2.75) is 44.7 Å². The molecule has 152 valence electrons. The Bertz CT molecular complexity index is 766. The van der Waals surface area contributed by atoms with Crippen molar-refractivity contribution in [1.82, 2.24) is 15.1 Å². The summed E-state index contributed by atoms with van der Waals surface area (Å²) in [6, 6.07) is 1.34. The second-order valence-corrected chi connectivity index (χ2v) is 8.26. The molecule has 1 aliphatic heterocycles. The third kappa shape index (κ3) is 4.04. The van der Waals surface area contributed by atoms with Crippen LogP contribution in [0.2, 0.25) is 0 Å². The Morgan fingerprint density at radius 2 is 2.18 bits per heavy atom. The Balaban J connectivity index is 1.51. The molecule has 0 unspecified atom stereocenters. The van der Waals surface area contributed by atoms with E-state index in [0.29, 0.717) is 13.0 Å².